The quantitative estimate of drug-likeness (QED) is 0.889. The van der Waals surface area contributed by atoms with Crippen LogP contribution in [0.1, 0.15) is 10.5 Å². The number of hydrogen-bond acceptors (Lipinski definition) is 3. The van der Waals surface area contributed by atoms with Crippen molar-refractivity contribution in [3.63, 3.8) is 0 Å². The fourth-order valence-electron chi connectivity index (χ4n) is 1.57. The second kappa shape index (κ2) is 4.85. The monoisotopic (exact) mass is 286 g/mol. The molecular weight excluding hydrogens is 278 g/mol. The minimum atomic E-state index is -0.973. The Morgan fingerprint density at radius 2 is 2.16 bits per heavy atom. The van der Waals surface area contributed by atoms with Crippen LogP contribution in [-0.2, 0) is 7.05 Å². The number of rotatable bonds is 2. The molecule has 5 nitrogen and oxygen atoms in total. The van der Waals surface area contributed by atoms with E-state index < -0.39 is 17.5 Å². The number of nitrogens with one attached hydrogen (secondary N) is 1. The molecule has 0 saturated carbocycles. The summed E-state index contributed by atoms with van der Waals surface area (Å²) in [7, 11) is 1.51. The van der Waals surface area contributed by atoms with E-state index in [-0.39, 0.29) is 22.1 Å². The largest absolute Gasteiger partial charge is 0.396 e. The van der Waals surface area contributed by atoms with Crippen LogP contribution in [0, 0.1) is 11.6 Å². The van der Waals surface area contributed by atoms with Gasteiger partial charge in [-0.05, 0) is 6.07 Å². The summed E-state index contributed by atoms with van der Waals surface area (Å²) in [6.07, 6.45) is 1.29. The molecule has 0 fully saturated rings. The molecule has 2 rings (SSSR count). The Bertz CT molecular complexity index is 614. The predicted octanol–water partition coefficient (Wildman–Crippen LogP) is 2.19. The number of hydrogen-bond donors (Lipinski definition) is 2. The number of anilines is 2. The van der Waals surface area contributed by atoms with Crippen molar-refractivity contribution in [3.05, 3.63) is 40.7 Å². The molecular formula is C11H9ClF2N4O. The number of carbonyl (C=O) groups is 1. The molecule has 0 atom stereocenters. The van der Waals surface area contributed by atoms with Crippen molar-refractivity contribution in [1.29, 1.82) is 0 Å². The van der Waals surface area contributed by atoms with Crippen molar-refractivity contribution in [2.24, 2.45) is 7.05 Å². The van der Waals surface area contributed by atoms with Crippen LogP contribution in [0.2, 0.25) is 5.02 Å². The van der Waals surface area contributed by atoms with Gasteiger partial charge in [0.1, 0.15) is 11.5 Å². The second-order valence-corrected chi connectivity index (χ2v) is 4.18. The number of nitrogens with two attached hydrogens (primary N) is 1. The molecule has 0 radical (unpaired) electrons. The lowest BCUT2D eigenvalue weighted by Crippen LogP contribution is -2.18. The molecule has 0 aliphatic heterocycles. The van der Waals surface area contributed by atoms with Gasteiger partial charge in [-0.15, -0.1) is 0 Å². The molecule has 3 N–H and O–H groups in total. The van der Waals surface area contributed by atoms with Gasteiger partial charge in [0.15, 0.2) is 5.82 Å². The molecule has 0 saturated heterocycles. The van der Waals surface area contributed by atoms with Gasteiger partial charge >= 0.3 is 0 Å². The van der Waals surface area contributed by atoms with Gasteiger partial charge in [0.2, 0.25) is 0 Å². The summed E-state index contributed by atoms with van der Waals surface area (Å²) in [6, 6.07) is 1.51. The Kier molecular flexibility index (Phi) is 3.39. The molecule has 0 bridgehead atoms. The fourth-order valence-corrected chi connectivity index (χ4v) is 1.81. The Labute approximate surface area is 112 Å². The van der Waals surface area contributed by atoms with Crippen molar-refractivity contribution < 1.29 is 13.6 Å². The van der Waals surface area contributed by atoms with Crippen molar-refractivity contribution in [2.75, 3.05) is 11.1 Å². The number of aromatic nitrogens is 2. The highest BCUT2D eigenvalue weighted by Crippen LogP contribution is 2.27. The number of benzene rings is 1. The van der Waals surface area contributed by atoms with E-state index >= 15 is 0 Å². The van der Waals surface area contributed by atoms with E-state index in [1.54, 1.807) is 0 Å². The number of halogens is 3. The maximum absolute atomic E-state index is 13.5. The van der Waals surface area contributed by atoms with Gasteiger partial charge in [-0.3, -0.25) is 9.48 Å². The van der Waals surface area contributed by atoms with E-state index in [9.17, 15) is 13.6 Å². The Morgan fingerprint density at radius 3 is 2.68 bits per heavy atom. The zero-order chi connectivity index (χ0) is 14.2. The molecule has 1 aromatic heterocycles. The highest BCUT2D eigenvalue weighted by atomic mass is 35.5. The van der Waals surface area contributed by atoms with Gasteiger partial charge < -0.3 is 11.1 Å². The molecule has 2 aromatic rings. The summed E-state index contributed by atoms with van der Waals surface area (Å²) >= 11 is 5.67. The summed E-state index contributed by atoms with van der Waals surface area (Å²) in [6.45, 7) is 0. The van der Waals surface area contributed by atoms with Crippen LogP contribution in [0.4, 0.5) is 20.2 Å². The first kappa shape index (κ1) is 13.3. The van der Waals surface area contributed by atoms with Gasteiger partial charge in [-0.1, -0.05) is 11.6 Å². The van der Waals surface area contributed by atoms with Gasteiger partial charge in [0.25, 0.3) is 5.91 Å². The van der Waals surface area contributed by atoms with Crippen LogP contribution in [0.3, 0.4) is 0 Å². The van der Waals surface area contributed by atoms with Gasteiger partial charge in [0.05, 0.1) is 22.6 Å². The Hall–Kier alpha value is -2.15. The number of carbonyl (C=O) groups excluding carboxylic acids is 1. The molecule has 0 aliphatic carbocycles. The first-order valence-corrected chi connectivity index (χ1v) is 5.51. The van der Waals surface area contributed by atoms with Crippen LogP contribution in [0.25, 0.3) is 0 Å². The number of amides is 1. The normalized spacial score (nSPS) is 10.5. The molecule has 1 heterocycles. The molecule has 19 heavy (non-hydrogen) atoms. The van der Waals surface area contributed by atoms with Crippen LogP contribution in [0.5, 0.6) is 0 Å². The van der Waals surface area contributed by atoms with Gasteiger partial charge in [-0.2, -0.15) is 5.10 Å². The highest BCUT2D eigenvalue weighted by Gasteiger charge is 2.18. The zero-order valence-corrected chi connectivity index (χ0v) is 10.5. The summed E-state index contributed by atoms with van der Waals surface area (Å²) in [5.74, 6) is -2.50. The third kappa shape index (κ3) is 2.50. The van der Waals surface area contributed by atoms with Gasteiger partial charge in [-0.25, -0.2) is 8.78 Å². The third-order valence-electron chi connectivity index (χ3n) is 2.43. The molecule has 1 amide bonds. The van der Waals surface area contributed by atoms with E-state index in [1.165, 1.54) is 17.9 Å². The maximum atomic E-state index is 13.5. The first-order valence-electron chi connectivity index (χ1n) is 5.13. The average Bonchev–Trinajstić information content (AvgIpc) is 2.63. The molecule has 0 aliphatic rings. The summed E-state index contributed by atoms with van der Waals surface area (Å²) < 4.78 is 27.6. The number of nitrogen functional groups attached to an aromatic ring is 1. The standard InChI is InChI=1S/C11H9ClF2N4O/c1-18-10(8(15)4-16-18)11(19)17-9-6(12)2-5(13)3-7(9)14/h2-4H,15H2,1H3,(H,17,19). The topological polar surface area (TPSA) is 72.9 Å². The number of nitrogens with zero attached hydrogens (tertiary/aromatic N) is 2. The lowest BCUT2D eigenvalue weighted by molar-refractivity contribution is 0.101. The van der Waals surface area contributed by atoms with Crippen molar-refractivity contribution in [1.82, 2.24) is 9.78 Å². The van der Waals surface area contributed by atoms with Crippen LogP contribution in [-0.4, -0.2) is 15.7 Å². The molecule has 0 unspecified atom stereocenters. The van der Waals surface area contributed by atoms with Crippen LogP contribution in [0.15, 0.2) is 18.3 Å². The number of aryl methyl sites for hydroxylation is 1. The predicted molar refractivity (Wildman–Crippen MR) is 66.9 cm³/mol. The first-order chi connectivity index (χ1) is 8.90. The lowest BCUT2D eigenvalue weighted by Gasteiger charge is -2.09. The van der Waals surface area contributed by atoms with Crippen molar-refractivity contribution in [3.8, 4) is 0 Å². The zero-order valence-electron chi connectivity index (χ0n) is 9.75. The van der Waals surface area contributed by atoms with E-state index in [4.69, 9.17) is 17.3 Å². The molecule has 100 valence electrons. The average molecular weight is 287 g/mol. The lowest BCUT2D eigenvalue weighted by atomic mass is 10.2. The SMILES string of the molecule is Cn1ncc(N)c1C(=O)Nc1c(F)cc(F)cc1Cl. The minimum Gasteiger partial charge on any atom is -0.396 e. The van der Waals surface area contributed by atoms with Gasteiger partial charge in [0, 0.05) is 13.1 Å². The Balaban J connectivity index is 2.35. The van der Waals surface area contributed by atoms with E-state index in [2.05, 4.69) is 10.4 Å². The smallest absolute Gasteiger partial charge is 0.276 e. The summed E-state index contributed by atoms with van der Waals surface area (Å²) in [5, 5.41) is 5.77. The van der Waals surface area contributed by atoms with Crippen molar-refractivity contribution >= 4 is 28.9 Å². The summed E-state index contributed by atoms with van der Waals surface area (Å²) in [5.41, 5.74) is 5.45. The van der Waals surface area contributed by atoms with E-state index in [1.807, 2.05) is 0 Å². The van der Waals surface area contributed by atoms with Crippen LogP contribution < -0.4 is 11.1 Å². The maximum Gasteiger partial charge on any atom is 0.276 e. The molecule has 8 heteroatoms. The van der Waals surface area contributed by atoms with Crippen molar-refractivity contribution in [2.45, 2.75) is 0 Å². The minimum absolute atomic E-state index is 0.0554. The fraction of sp³-hybridized carbons (Fsp3) is 0.0909. The molecule has 1 aromatic carbocycles. The Morgan fingerprint density at radius 1 is 1.47 bits per heavy atom. The third-order valence-corrected chi connectivity index (χ3v) is 2.73. The van der Waals surface area contributed by atoms with Crippen LogP contribution >= 0.6 is 11.6 Å². The highest BCUT2D eigenvalue weighted by molar-refractivity contribution is 6.34. The van der Waals surface area contributed by atoms with E-state index in [0.29, 0.717) is 6.07 Å². The molecule has 0 spiro atoms. The van der Waals surface area contributed by atoms with E-state index in [0.717, 1.165) is 6.07 Å². The summed E-state index contributed by atoms with van der Waals surface area (Å²) in [4.78, 5) is 11.9. The second-order valence-electron chi connectivity index (χ2n) is 3.77.